The van der Waals surface area contributed by atoms with Crippen LogP contribution in [-0.4, -0.2) is 127 Å². The molecule has 2 saturated heterocycles. The van der Waals surface area contributed by atoms with Gasteiger partial charge in [0, 0.05) is 18.6 Å². The quantitative estimate of drug-likeness (QED) is 0.141. The number of benzene rings is 2. The molecule has 10 atom stereocenters. The number of aliphatic hydroxyl groups is 6. The minimum atomic E-state index is -1.79. The summed E-state index contributed by atoms with van der Waals surface area (Å²) < 4.78 is 27.2. The third-order valence-corrected chi connectivity index (χ3v) is 7.41. The largest absolute Gasteiger partial charge is 0.507 e. The van der Waals surface area contributed by atoms with Crippen molar-refractivity contribution in [3.05, 3.63) is 41.5 Å². The number of aryl methyl sites for hydroxylation is 1. The minimum Gasteiger partial charge on any atom is -0.507 e. The molecule has 2 aromatic carbocycles. The fourth-order valence-corrected chi connectivity index (χ4v) is 4.93. The summed E-state index contributed by atoms with van der Waals surface area (Å²) >= 11 is 0. The van der Waals surface area contributed by atoms with E-state index in [0.29, 0.717) is 5.56 Å². The van der Waals surface area contributed by atoms with Gasteiger partial charge in [-0.05, 0) is 31.0 Å². The number of ether oxygens (including phenoxy) is 5. The Morgan fingerprint density at radius 1 is 0.837 bits per heavy atom. The minimum absolute atomic E-state index is 0.110. The van der Waals surface area contributed by atoms with E-state index < -0.39 is 90.9 Å². The van der Waals surface area contributed by atoms with Crippen LogP contribution in [0.1, 0.15) is 29.3 Å². The van der Waals surface area contributed by atoms with Gasteiger partial charge in [0.25, 0.3) is 0 Å². The van der Waals surface area contributed by atoms with Crippen LogP contribution in [0.25, 0.3) is 0 Å². The van der Waals surface area contributed by atoms with Gasteiger partial charge in [0.15, 0.2) is 29.7 Å². The zero-order chi connectivity index (χ0) is 31.6. The number of Topliss-reactive ketones (excluding diaryl/α,β-unsaturated/α-hetero) is 1. The van der Waals surface area contributed by atoms with Gasteiger partial charge >= 0.3 is 0 Å². The van der Waals surface area contributed by atoms with E-state index in [1.54, 1.807) is 6.07 Å². The van der Waals surface area contributed by atoms with Crippen molar-refractivity contribution in [2.24, 2.45) is 0 Å². The highest BCUT2D eigenvalue weighted by Crippen LogP contribution is 2.37. The molecular weight excluding hydrogens is 576 g/mol. The number of carbonyl (C=O) groups excluding carboxylic acids is 1. The molecule has 0 saturated carbocycles. The third kappa shape index (κ3) is 6.95. The predicted molar refractivity (Wildman–Crippen MR) is 143 cm³/mol. The standard InChI is InChI=1S/C28H36O15/c1-11-21(34)23(36)25(38)27(40-11)43-26-24(37)22(35)19(10-29)42-28(26)41-13-8-16(32)20(17(33)9-13)14(30)5-3-12-4-6-18(39-2)15(31)7-12/h4,6-9,11,19,21-29,31-38H,3,5,10H2,1-2H3/t11-,19+,21-,22+,23-,24+,25-,26+,27-,28-/m0/s1. The fraction of sp³-hybridized carbons (Fsp3) is 0.536. The first kappa shape index (κ1) is 32.7. The molecule has 9 N–H and O–H groups in total. The van der Waals surface area contributed by atoms with Gasteiger partial charge in [0.05, 0.1) is 19.8 Å². The summed E-state index contributed by atoms with van der Waals surface area (Å²) in [7, 11) is 1.40. The maximum atomic E-state index is 12.9. The number of rotatable bonds is 10. The maximum Gasteiger partial charge on any atom is 0.229 e. The second-order valence-electron chi connectivity index (χ2n) is 10.4. The first-order chi connectivity index (χ1) is 20.4. The maximum absolute atomic E-state index is 12.9. The highest BCUT2D eigenvalue weighted by atomic mass is 16.8. The topological polar surface area (TPSA) is 245 Å². The zero-order valence-electron chi connectivity index (χ0n) is 23.3. The smallest absolute Gasteiger partial charge is 0.229 e. The second-order valence-corrected chi connectivity index (χ2v) is 10.4. The Hall–Kier alpha value is -3.25. The molecule has 2 aromatic rings. The number of phenolic OH excluding ortho intramolecular Hbond substituents is 3. The van der Waals surface area contributed by atoms with Crippen LogP contribution in [0.4, 0.5) is 0 Å². The molecule has 15 nitrogen and oxygen atoms in total. The van der Waals surface area contributed by atoms with Crippen molar-refractivity contribution in [3.8, 4) is 28.7 Å². The monoisotopic (exact) mass is 612 g/mol. The van der Waals surface area contributed by atoms with E-state index >= 15 is 0 Å². The first-order valence-electron chi connectivity index (χ1n) is 13.5. The van der Waals surface area contributed by atoms with Crippen molar-refractivity contribution in [1.29, 1.82) is 0 Å². The van der Waals surface area contributed by atoms with Crippen LogP contribution in [0.5, 0.6) is 28.7 Å². The second kappa shape index (κ2) is 13.6. The SMILES string of the molecule is COc1ccc(CCC(=O)c2c(O)cc(O[C@H]3O[C@H](CO)[C@@H](O)[C@@H](O)[C@H]3O[C@@H]3O[C@@H](C)[C@H](O)[C@H](O)[C@@H]3O)cc2O)cc1O. The van der Waals surface area contributed by atoms with Crippen LogP contribution in [0.15, 0.2) is 30.3 Å². The summed E-state index contributed by atoms with van der Waals surface area (Å²) in [6.45, 7) is 0.662. The highest BCUT2D eigenvalue weighted by Gasteiger charge is 2.51. The van der Waals surface area contributed by atoms with Crippen molar-refractivity contribution in [1.82, 2.24) is 0 Å². The number of aromatic hydroxyl groups is 3. The molecule has 15 heteroatoms. The van der Waals surface area contributed by atoms with Crippen molar-refractivity contribution >= 4 is 5.78 Å². The lowest BCUT2D eigenvalue weighted by Gasteiger charge is -2.45. The van der Waals surface area contributed by atoms with Gasteiger partial charge in [-0.3, -0.25) is 4.79 Å². The zero-order valence-corrected chi connectivity index (χ0v) is 23.3. The van der Waals surface area contributed by atoms with E-state index in [-0.39, 0.29) is 30.1 Å². The predicted octanol–water partition coefficient (Wildman–Crippen LogP) is -1.34. The van der Waals surface area contributed by atoms with Crippen molar-refractivity contribution in [2.75, 3.05) is 13.7 Å². The number of hydrogen-bond acceptors (Lipinski definition) is 15. The van der Waals surface area contributed by atoms with E-state index in [1.165, 1.54) is 26.2 Å². The van der Waals surface area contributed by atoms with Crippen LogP contribution in [-0.2, 0) is 20.6 Å². The fourth-order valence-electron chi connectivity index (χ4n) is 4.93. The average Bonchev–Trinajstić information content (AvgIpc) is 2.96. The van der Waals surface area contributed by atoms with E-state index in [2.05, 4.69) is 0 Å². The molecule has 0 aromatic heterocycles. The average molecular weight is 613 g/mol. The molecule has 4 rings (SSSR count). The lowest BCUT2D eigenvalue weighted by molar-refractivity contribution is -0.354. The summed E-state index contributed by atoms with van der Waals surface area (Å²) in [4.78, 5) is 12.9. The van der Waals surface area contributed by atoms with Crippen LogP contribution in [0.2, 0.25) is 0 Å². The first-order valence-corrected chi connectivity index (χ1v) is 13.5. The molecule has 0 radical (unpaired) electrons. The Bertz CT molecular complexity index is 1250. The summed E-state index contributed by atoms with van der Waals surface area (Å²) in [6, 6.07) is 6.59. The van der Waals surface area contributed by atoms with Gasteiger partial charge in [0.2, 0.25) is 6.29 Å². The van der Waals surface area contributed by atoms with Gasteiger partial charge in [-0.1, -0.05) is 6.07 Å². The highest BCUT2D eigenvalue weighted by molar-refractivity contribution is 6.01. The number of methoxy groups -OCH3 is 1. The van der Waals surface area contributed by atoms with E-state index in [4.69, 9.17) is 23.7 Å². The number of hydrogen-bond donors (Lipinski definition) is 9. The van der Waals surface area contributed by atoms with Gasteiger partial charge in [-0.2, -0.15) is 0 Å². The Labute approximate surface area is 245 Å². The molecule has 0 aliphatic carbocycles. The lowest BCUT2D eigenvalue weighted by Crippen LogP contribution is -2.64. The summed E-state index contributed by atoms with van der Waals surface area (Å²) in [6.07, 6.45) is -15.5. The van der Waals surface area contributed by atoms with Crippen molar-refractivity contribution < 1.29 is 74.4 Å². The number of phenols is 3. The molecule has 238 valence electrons. The molecule has 2 fully saturated rings. The van der Waals surface area contributed by atoms with E-state index in [0.717, 1.165) is 12.1 Å². The van der Waals surface area contributed by atoms with Crippen LogP contribution in [0.3, 0.4) is 0 Å². The Balaban J connectivity index is 1.51. The number of ketones is 1. The van der Waals surface area contributed by atoms with Crippen LogP contribution < -0.4 is 9.47 Å². The van der Waals surface area contributed by atoms with E-state index in [1.807, 2.05) is 0 Å². The summed E-state index contributed by atoms with van der Waals surface area (Å²) in [5, 5.41) is 92.3. The number of aliphatic hydroxyl groups excluding tert-OH is 6. The van der Waals surface area contributed by atoms with Gasteiger partial charge in [-0.25, -0.2) is 0 Å². The van der Waals surface area contributed by atoms with E-state index in [9.17, 15) is 50.8 Å². The number of carbonyl (C=O) groups is 1. The van der Waals surface area contributed by atoms with Gasteiger partial charge < -0.3 is 69.6 Å². The third-order valence-electron chi connectivity index (χ3n) is 7.41. The molecule has 2 aliphatic heterocycles. The Kier molecular flexibility index (Phi) is 10.3. The van der Waals surface area contributed by atoms with Crippen LogP contribution >= 0.6 is 0 Å². The lowest BCUT2D eigenvalue weighted by atomic mass is 9.97. The molecule has 0 amide bonds. The molecule has 0 spiro atoms. The molecular formula is C28H36O15. The summed E-state index contributed by atoms with van der Waals surface area (Å²) in [5.74, 6) is -2.04. The normalized spacial score (nSPS) is 32.7. The van der Waals surface area contributed by atoms with Gasteiger partial charge in [-0.15, -0.1) is 0 Å². The molecule has 2 heterocycles. The molecule has 2 aliphatic rings. The molecule has 43 heavy (non-hydrogen) atoms. The molecule has 0 bridgehead atoms. The Morgan fingerprint density at radius 2 is 1.51 bits per heavy atom. The van der Waals surface area contributed by atoms with Crippen molar-refractivity contribution in [2.45, 2.75) is 81.2 Å². The Morgan fingerprint density at radius 3 is 2.12 bits per heavy atom. The van der Waals surface area contributed by atoms with Crippen molar-refractivity contribution in [3.63, 3.8) is 0 Å². The molecule has 0 unspecified atom stereocenters. The van der Waals surface area contributed by atoms with Crippen LogP contribution in [0, 0.1) is 0 Å². The van der Waals surface area contributed by atoms with Gasteiger partial charge in [0.1, 0.15) is 59.4 Å². The summed E-state index contributed by atoms with van der Waals surface area (Å²) in [5.41, 5.74) is 0.208.